The van der Waals surface area contributed by atoms with E-state index in [1.54, 1.807) is 20.3 Å². The number of methoxy groups -OCH3 is 2. The zero-order valence-electron chi connectivity index (χ0n) is 20.9. The summed E-state index contributed by atoms with van der Waals surface area (Å²) in [4.78, 5) is 15.4. The Morgan fingerprint density at radius 1 is 0.919 bits per heavy atom. The van der Waals surface area contributed by atoms with Gasteiger partial charge in [0, 0.05) is 31.7 Å². The molecule has 1 aliphatic heterocycles. The predicted molar refractivity (Wildman–Crippen MR) is 135 cm³/mol. The molecule has 2 atom stereocenters. The van der Waals surface area contributed by atoms with E-state index >= 15 is 0 Å². The number of piperidine rings is 1. The van der Waals surface area contributed by atoms with Crippen molar-refractivity contribution in [3.05, 3.63) is 95.1 Å². The SMILES string of the molecule is COc1cc(CN2C[C@H](C(=O)NCc3cccc(C(F)(F)F)c3)CC[C@H]2c2ccccc2)cc(OC)c1. The second-order valence-electron chi connectivity index (χ2n) is 9.27. The van der Waals surface area contributed by atoms with Crippen LogP contribution in [0.15, 0.2) is 72.8 Å². The molecular weight excluding hydrogens is 481 g/mol. The second-order valence-corrected chi connectivity index (χ2v) is 9.27. The lowest BCUT2D eigenvalue weighted by Gasteiger charge is -2.39. The second kappa shape index (κ2) is 11.7. The van der Waals surface area contributed by atoms with Crippen molar-refractivity contribution in [1.29, 1.82) is 0 Å². The maximum atomic E-state index is 13.1. The van der Waals surface area contributed by atoms with Gasteiger partial charge in [0.1, 0.15) is 11.5 Å². The number of amides is 1. The first-order valence-corrected chi connectivity index (χ1v) is 12.2. The van der Waals surface area contributed by atoms with Gasteiger partial charge < -0.3 is 14.8 Å². The maximum Gasteiger partial charge on any atom is 0.416 e. The molecule has 1 fully saturated rings. The van der Waals surface area contributed by atoms with E-state index in [-0.39, 0.29) is 24.4 Å². The van der Waals surface area contributed by atoms with Crippen LogP contribution in [-0.4, -0.2) is 31.6 Å². The van der Waals surface area contributed by atoms with Gasteiger partial charge in [0.25, 0.3) is 0 Å². The molecule has 3 aromatic carbocycles. The number of likely N-dealkylation sites (tertiary alicyclic amines) is 1. The molecule has 5 nitrogen and oxygen atoms in total. The fourth-order valence-corrected chi connectivity index (χ4v) is 4.87. The highest BCUT2D eigenvalue weighted by Gasteiger charge is 2.33. The molecule has 0 unspecified atom stereocenters. The number of hydrogen-bond donors (Lipinski definition) is 1. The van der Waals surface area contributed by atoms with Crippen LogP contribution in [-0.2, 0) is 24.1 Å². The van der Waals surface area contributed by atoms with E-state index in [9.17, 15) is 18.0 Å². The third-order valence-electron chi connectivity index (χ3n) is 6.76. The molecule has 0 radical (unpaired) electrons. The van der Waals surface area contributed by atoms with E-state index in [4.69, 9.17) is 9.47 Å². The highest BCUT2D eigenvalue weighted by atomic mass is 19.4. The highest BCUT2D eigenvalue weighted by Crippen LogP contribution is 2.36. The molecule has 8 heteroatoms. The summed E-state index contributed by atoms with van der Waals surface area (Å²) in [5, 5.41) is 2.85. The predicted octanol–water partition coefficient (Wildman–Crippen LogP) is 5.99. The summed E-state index contributed by atoms with van der Waals surface area (Å²) in [6.45, 7) is 1.16. The van der Waals surface area contributed by atoms with E-state index < -0.39 is 11.7 Å². The van der Waals surface area contributed by atoms with Crippen LogP contribution in [0.2, 0.25) is 0 Å². The molecule has 0 spiro atoms. The van der Waals surface area contributed by atoms with Crippen LogP contribution in [0.5, 0.6) is 11.5 Å². The number of carbonyl (C=O) groups excluding carboxylic acids is 1. The summed E-state index contributed by atoms with van der Waals surface area (Å²) < 4.78 is 50.0. The summed E-state index contributed by atoms with van der Waals surface area (Å²) in [7, 11) is 3.22. The minimum atomic E-state index is -4.42. The lowest BCUT2D eigenvalue weighted by molar-refractivity contribution is -0.137. The molecule has 1 heterocycles. The lowest BCUT2D eigenvalue weighted by atomic mass is 9.88. The van der Waals surface area contributed by atoms with Gasteiger partial charge in [-0.3, -0.25) is 9.69 Å². The third-order valence-corrected chi connectivity index (χ3v) is 6.76. The van der Waals surface area contributed by atoms with Crippen molar-refractivity contribution >= 4 is 5.91 Å². The number of nitrogens with zero attached hydrogens (tertiary/aromatic N) is 1. The molecule has 3 aromatic rings. The van der Waals surface area contributed by atoms with Crippen LogP contribution < -0.4 is 14.8 Å². The molecule has 196 valence electrons. The van der Waals surface area contributed by atoms with Crippen molar-refractivity contribution in [3.63, 3.8) is 0 Å². The smallest absolute Gasteiger partial charge is 0.416 e. The number of carbonyl (C=O) groups is 1. The van der Waals surface area contributed by atoms with Crippen molar-refractivity contribution in [2.24, 2.45) is 5.92 Å². The molecule has 1 N–H and O–H groups in total. The molecule has 0 aromatic heterocycles. The molecule has 0 aliphatic carbocycles. The van der Waals surface area contributed by atoms with Crippen molar-refractivity contribution < 1.29 is 27.4 Å². The zero-order chi connectivity index (χ0) is 26.4. The molecular formula is C29H31F3N2O3. The van der Waals surface area contributed by atoms with E-state index in [0.717, 1.165) is 24.1 Å². The van der Waals surface area contributed by atoms with Gasteiger partial charge >= 0.3 is 6.18 Å². The number of benzene rings is 3. The molecule has 4 rings (SSSR count). The normalized spacial score (nSPS) is 18.3. The van der Waals surface area contributed by atoms with Gasteiger partial charge in [0.2, 0.25) is 5.91 Å². The summed E-state index contributed by atoms with van der Waals surface area (Å²) in [5.74, 6) is 0.950. The van der Waals surface area contributed by atoms with Crippen LogP contribution in [0.4, 0.5) is 13.2 Å². The summed E-state index contributed by atoms with van der Waals surface area (Å²) in [6, 6.07) is 21.1. The quantitative estimate of drug-likeness (QED) is 0.403. The van der Waals surface area contributed by atoms with Crippen molar-refractivity contribution in [1.82, 2.24) is 10.2 Å². The topological polar surface area (TPSA) is 50.8 Å². The van der Waals surface area contributed by atoms with E-state index in [2.05, 4.69) is 22.3 Å². The van der Waals surface area contributed by atoms with Gasteiger partial charge in [-0.25, -0.2) is 0 Å². The van der Waals surface area contributed by atoms with E-state index in [1.165, 1.54) is 11.6 Å². The van der Waals surface area contributed by atoms with Gasteiger partial charge in [-0.2, -0.15) is 13.2 Å². The van der Waals surface area contributed by atoms with Crippen LogP contribution in [0, 0.1) is 5.92 Å². The van der Waals surface area contributed by atoms with Gasteiger partial charge in [-0.15, -0.1) is 0 Å². The minimum Gasteiger partial charge on any atom is -0.497 e. The van der Waals surface area contributed by atoms with Crippen LogP contribution in [0.1, 0.15) is 41.1 Å². The zero-order valence-corrected chi connectivity index (χ0v) is 20.9. The lowest BCUT2D eigenvalue weighted by Crippen LogP contribution is -2.44. The van der Waals surface area contributed by atoms with Crippen LogP contribution in [0.25, 0.3) is 0 Å². The van der Waals surface area contributed by atoms with E-state index in [0.29, 0.717) is 36.6 Å². The molecule has 0 bridgehead atoms. The van der Waals surface area contributed by atoms with Crippen molar-refractivity contribution in [3.8, 4) is 11.5 Å². The molecule has 37 heavy (non-hydrogen) atoms. The molecule has 1 amide bonds. The Morgan fingerprint density at radius 3 is 2.27 bits per heavy atom. The summed E-state index contributed by atoms with van der Waals surface area (Å²) >= 11 is 0. The maximum absolute atomic E-state index is 13.1. The largest absolute Gasteiger partial charge is 0.497 e. The Bertz CT molecular complexity index is 1180. The third kappa shape index (κ3) is 6.83. The standard InChI is InChI=1S/C29H31F3N2O3/c1-36-25-14-21(15-26(16-25)37-2)18-34-19-23(11-12-27(34)22-8-4-3-5-9-22)28(35)33-17-20-7-6-10-24(13-20)29(30,31)32/h3-10,13-16,23,27H,11-12,17-19H2,1-2H3,(H,33,35)/t23-,27+/m1/s1. The Hall–Kier alpha value is -3.52. The Kier molecular flexibility index (Phi) is 8.38. The minimum absolute atomic E-state index is 0.0500. The van der Waals surface area contributed by atoms with Gasteiger partial charge in [0.15, 0.2) is 0 Å². The molecule has 1 saturated heterocycles. The summed E-state index contributed by atoms with van der Waals surface area (Å²) in [5.41, 5.74) is 1.88. The number of rotatable bonds is 8. The van der Waals surface area contributed by atoms with E-state index in [1.807, 2.05) is 36.4 Å². The molecule has 0 saturated carbocycles. The van der Waals surface area contributed by atoms with Gasteiger partial charge in [-0.05, 0) is 53.8 Å². The van der Waals surface area contributed by atoms with Gasteiger partial charge in [-0.1, -0.05) is 42.5 Å². The average Bonchev–Trinajstić information content (AvgIpc) is 2.91. The van der Waals surface area contributed by atoms with Crippen molar-refractivity contribution in [2.75, 3.05) is 20.8 Å². The number of hydrogen-bond acceptors (Lipinski definition) is 4. The summed E-state index contributed by atoms with van der Waals surface area (Å²) in [6.07, 6.45) is -2.95. The fourth-order valence-electron chi connectivity index (χ4n) is 4.87. The Morgan fingerprint density at radius 2 is 1.62 bits per heavy atom. The highest BCUT2D eigenvalue weighted by molar-refractivity contribution is 5.79. The van der Waals surface area contributed by atoms with Crippen LogP contribution in [0.3, 0.4) is 0 Å². The first kappa shape index (κ1) is 26.5. The Labute approximate surface area is 215 Å². The van der Waals surface area contributed by atoms with Crippen molar-refractivity contribution in [2.45, 2.75) is 38.1 Å². The first-order valence-electron chi connectivity index (χ1n) is 12.2. The number of ether oxygens (including phenoxy) is 2. The van der Waals surface area contributed by atoms with Crippen LogP contribution >= 0.6 is 0 Å². The molecule has 1 aliphatic rings. The number of nitrogens with one attached hydrogen (secondary N) is 1. The fraction of sp³-hybridized carbons (Fsp3) is 0.345. The number of alkyl halides is 3. The average molecular weight is 513 g/mol. The number of halogens is 3. The monoisotopic (exact) mass is 512 g/mol. The Balaban J connectivity index is 1.49. The first-order chi connectivity index (χ1) is 17.8. The van der Waals surface area contributed by atoms with Gasteiger partial charge in [0.05, 0.1) is 25.7 Å².